The summed E-state index contributed by atoms with van der Waals surface area (Å²) < 4.78 is 0. The van der Waals surface area contributed by atoms with Gasteiger partial charge in [-0.25, -0.2) is 0 Å². The van der Waals surface area contributed by atoms with Crippen molar-refractivity contribution in [3.63, 3.8) is 0 Å². The van der Waals surface area contributed by atoms with Gasteiger partial charge in [-0.1, -0.05) is 31.5 Å². The molecule has 0 radical (unpaired) electrons. The maximum Gasteiger partial charge on any atom is 0.222 e. The molecule has 1 saturated carbocycles. The molecule has 2 aromatic rings. The molecule has 1 aliphatic carbocycles. The lowest BCUT2D eigenvalue weighted by molar-refractivity contribution is -0.142. The van der Waals surface area contributed by atoms with Gasteiger partial charge in [0.15, 0.2) is 0 Å². The number of carbonyl (C=O) groups excluding carboxylic acids is 2. The topological polar surface area (TPSA) is 65.2 Å². The highest BCUT2D eigenvalue weighted by Crippen LogP contribution is 2.47. The number of aromatic nitrogens is 1. The van der Waals surface area contributed by atoms with Crippen LogP contribution < -0.4 is 5.32 Å². The second kappa shape index (κ2) is 7.98. The van der Waals surface area contributed by atoms with Gasteiger partial charge in [0.25, 0.3) is 0 Å². The number of nitrogens with zero attached hydrogens (tertiary/aromatic N) is 1. The Hall–Kier alpha value is -2.30. The largest absolute Gasteiger partial charge is 0.361 e. The Labute approximate surface area is 166 Å². The lowest BCUT2D eigenvalue weighted by atomic mass is 9.74. The molecule has 1 aromatic carbocycles. The van der Waals surface area contributed by atoms with Crippen LogP contribution in [-0.2, 0) is 16.0 Å². The fourth-order valence-electron chi connectivity index (χ4n) is 5.34. The predicted octanol–water partition coefficient (Wildman–Crippen LogP) is 3.79. The second-order valence-corrected chi connectivity index (χ2v) is 8.49. The van der Waals surface area contributed by atoms with Crippen molar-refractivity contribution in [2.24, 2.45) is 5.41 Å². The quantitative estimate of drug-likeness (QED) is 0.766. The molecule has 2 N–H and O–H groups in total. The van der Waals surface area contributed by atoms with E-state index in [1.54, 1.807) is 0 Å². The Bertz CT molecular complexity index is 858. The summed E-state index contributed by atoms with van der Waals surface area (Å²) in [5.74, 6) is 0.416. The van der Waals surface area contributed by atoms with Crippen molar-refractivity contribution < 1.29 is 9.59 Å². The molecular formula is C23H31N3O2. The van der Waals surface area contributed by atoms with Gasteiger partial charge in [0.2, 0.25) is 11.8 Å². The number of likely N-dealkylation sites (tertiary alicyclic amines) is 1. The van der Waals surface area contributed by atoms with Gasteiger partial charge < -0.3 is 15.2 Å². The number of carbonyl (C=O) groups is 2. The van der Waals surface area contributed by atoms with Crippen LogP contribution in [0, 0.1) is 5.41 Å². The average Bonchev–Trinajstić information content (AvgIpc) is 3.32. The van der Waals surface area contributed by atoms with E-state index in [0.29, 0.717) is 31.3 Å². The molecule has 2 amide bonds. The zero-order valence-corrected chi connectivity index (χ0v) is 16.8. The molecule has 28 heavy (non-hydrogen) atoms. The number of aryl methyl sites for hydroxylation is 1. The standard InChI is InChI=1S/C23H31N3O2/c1-2-14-26-20-8-5-12-23(20,13-11-22(26)28)16-25-21(27)10-9-17-15-24-19-7-4-3-6-18(17)19/h3-4,6-7,15,20,24H,2,5,8-14,16H2,1H3,(H,25,27)/t20-,23+/m1/s1. The van der Waals surface area contributed by atoms with Gasteiger partial charge in [0, 0.05) is 54.5 Å². The average molecular weight is 382 g/mol. The smallest absolute Gasteiger partial charge is 0.222 e. The highest BCUT2D eigenvalue weighted by Gasteiger charge is 2.49. The van der Waals surface area contributed by atoms with Crippen molar-refractivity contribution >= 4 is 22.7 Å². The molecule has 5 heteroatoms. The van der Waals surface area contributed by atoms with Gasteiger partial charge in [0.1, 0.15) is 0 Å². The molecular weight excluding hydrogens is 350 g/mol. The molecule has 2 atom stereocenters. The molecule has 4 rings (SSSR count). The van der Waals surface area contributed by atoms with Crippen LogP contribution in [0.5, 0.6) is 0 Å². The summed E-state index contributed by atoms with van der Waals surface area (Å²) >= 11 is 0. The number of H-pyrrole nitrogens is 1. The van der Waals surface area contributed by atoms with Crippen LogP contribution in [0.4, 0.5) is 0 Å². The molecule has 1 aliphatic heterocycles. The van der Waals surface area contributed by atoms with Crippen molar-refractivity contribution in [3.8, 4) is 0 Å². The first-order chi connectivity index (χ1) is 13.6. The van der Waals surface area contributed by atoms with Crippen molar-refractivity contribution in [1.82, 2.24) is 15.2 Å². The zero-order chi connectivity index (χ0) is 19.6. The van der Waals surface area contributed by atoms with Crippen LogP contribution in [0.3, 0.4) is 0 Å². The predicted molar refractivity (Wildman–Crippen MR) is 111 cm³/mol. The van der Waals surface area contributed by atoms with Crippen LogP contribution in [-0.4, -0.2) is 40.8 Å². The molecule has 0 bridgehead atoms. The van der Waals surface area contributed by atoms with Crippen molar-refractivity contribution in [3.05, 3.63) is 36.0 Å². The Morgan fingerprint density at radius 3 is 3.04 bits per heavy atom. The molecule has 1 saturated heterocycles. The van der Waals surface area contributed by atoms with E-state index in [9.17, 15) is 9.59 Å². The van der Waals surface area contributed by atoms with E-state index < -0.39 is 0 Å². The van der Waals surface area contributed by atoms with Crippen molar-refractivity contribution in [2.45, 2.75) is 64.3 Å². The lowest BCUT2D eigenvalue weighted by Gasteiger charge is -2.46. The van der Waals surface area contributed by atoms with Crippen LogP contribution in [0.25, 0.3) is 10.9 Å². The minimum atomic E-state index is 0.0829. The third-order valence-electron chi connectivity index (χ3n) is 6.79. The number of rotatable bonds is 7. The van der Waals surface area contributed by atoms with E-state index >= 15 is 0 Å². The second-order valence-electron chi connectivity index (χ2n) is 8.49. The van der Waals surface area contributed by atoms with Crippen LogP contribution >= 0.6 is 0 Å². The zero-order valence-electron chi connectivity index (χ0n) is 16.8. The van der Waals surface area contributed by atoms with E-state index in [2.05, 4.69) is 34.3 Å². The number of hydrogen-bond acceptors (Lipinski definition) is 2. The number of para-hydroxylation sites is 1. The summed E-state index contributed by atoms with van der Waals surface area (Å²) in [6, 6.07) is 8.52. The highest BCUT2D eigenvalue weighted by atomic mass is 16.2. The number of piperidine rings is 1. The molecule has 150 valence electrons. The molecule has 2 heterocycles. The minimum absolute atomic E-state index is 0.0829. The first kappa shape index (κ1) is 19.0. The first-order valence-electron chi connectivity index (χ1n) is 10.7. The number of fused-ring (bicyclic) bond motifs is 2. The van der Waals surface area contributed by atoms with E-state index in [-0.39, 0.29) is 11.3 Å². The summed E-state index contributed by atoms with van der Waals surface area (Å²) in [6.07, 6.45) is 9.15. The van der Waals surface area contributed by atoms with E-state index in [0.717, 1.165) is 50.6 Å². The van der Waals surface area contributed by atoms with Gasteiger partial charge in [-0.15, -0.1) is 0 Å². The summed E-state index contributed by atoms with van der Waals surface area (Å²) in [7, 11) is 0. The van der Waals surface area contributed by atoms with Gasteiger partial charge in [-0.3, -0.25) is 9.59 Å². The highest BCUT2D eigenvalue weighted by molar-refractivity contribution is 5.84. The Morgan fingerprint density at radius 2 is 2.18 bits per heavy atom. The third kappa shape index (κ3) is 3.54. The Balaban J connectivity index is 1.35. The fourth-order valence-corrected chi connectivity index (χ4v) is 5.34. The molecule has 1 aromatic heterocycles. The normalized spacial score (nSPS) is 24.5. The molecule has 2 aliphatic rings. The van der Waals surface area contributed by atoms with Crippen LogP contribution in [0.1, 0.15) is 57.4 Å². The Morgan fingerprint density at radius 1 is 1.32 bits per heavy atom. The van der Waals surface area contributed by atoms with Gasteiger partial charge in [-0.2, -0.15) is 0 Å². The van der Waals surface area contributed by atoms with Crippen molar-refractivity contribution in [1.29, 1.82) is 0 Å². The SMILES string of the molecule is CCCN1C(=O)CC[C@]2(CNC(=O)CCc3c[nH]c4ccccc34)CCC[C@@H]12. The molecule has 5 nitrogen and oxygen atoms in total. The molecule has 0 spiro atoms. The van der Waals surface area contributed by atoms with E-state index in [4.69, 9.17) is 0 Å². The molecule has 0 unspecified atom stereocenters. The number of hydrogen-bond donors (Lipinski definition) is 2. The van der Waals surface area contributed by atoms with Gasteiger partial charge in [-0.05, 0) is 43.7 Å². The number of amides is 2. The van der Waals surface area contributed by atoms with Crippen molar-refractivity contribution in [2.75, 3.05) is 13.1 Å². The summed E-state index contributed by atoms with van der Waals surface area (Å²) in [4.78, 5) is 30.3. The maximum absolute atomic E-state index is 12.6. The minimum Gasteiger partial charge on any atom is -0.361 e. The van der Waals surface area contributed by atoms with Gasteiger partial charge >= 0.3 is 0 Å². The fraction of sp³-hybridized carbons (Fsp3) is 0.565. The summed E-state index contributed by atoms with van der Waals surface area (Å²) in [5, 5.41) is 4.42. The van der Waals surface area contributed by atoms with E-state index in [1.165, 1.54) is 10.9 Å². The number of nitrogens with one attached hydrogen (secondary N) is 2. The van der Waals surface area contributed by atoms with Gasteiger partial charge in [0.05, 0.1) is 0 Å². The van der Waals surface area contributed by atoms with E-state index in [1.807, 2.05) is 18.3 Å². The Kier molecular flexibility index (Phi) is 5.42. The monoisotopic (exact) mass is 381 g/mol. The maximum atomic E-state index is 12.6. The number of aromatic amines is 1. The first-order valence-corrected chi connectivity index (χ1v) is 10.7. The van der Waals surface area contributed by atoms with Crippen LogP contribution in [0.2, 0.25) is 0 Å². The third-order valence-corrected chi connectivity index (χ3v) is 6.79. The lowest BCUT2D eigenvalue weighted by Crippen LogP contribution is -2.56. The van der Waals surface area contributed by atoms with Crippen LogP contribution in [0.15, 0.2) is 30.5 Å². The summed E-state index contributed by atoms with van der Waals surface area (Å²) in [6.45, 7) is 3.68. The number of benzene rings is 1. The summed E-state index contributed by atoms with van der Waals surface area (Å²) in [5.41, 5.74) is 2.40. The molecule has 2 fully saturated rings.